The van der Waals surface area contributed by atoms with Crippen molar-refractivity contribution in [3.8, 4) is 11.5 Å². The van der Waals surface area contributed by atoms with Crippen LogP contribution in [0.2, 0.25) is 0 Å². The van der Waals surface area contributed by atoms with E-state index in [9.17, 15) is 9.59 Å². The summed E-state index contributed by atoms with van der Waals surface area (Å²) in [6.07, 6.45) is 2.14. The van der Waals surface area contributed by atoms with E-state index < -0.39 is 0 Å². The number of halogens is 1. The quantitative estimate of drug-likeness (QED) is 0.713. The predicted octanol–water partition coefficient (Wildman–Crippen LogP) is 1.83. The number of hydrogen-bond acceptors (Lipinski definition) is 5. The molecule has 28 heavy (non-hydrogen) atoms. The van der Waals surface area contributed by atoms with Crippen LogP contribution in [-0.2, 0) is 4.79 Å². The summed E-state index contributed by atoms with van der Waals surface area (Å²) in [6, 6.07) is 5.23. The molecule has 0 bridgehead atoms. The summed E-state index contributed by atoms with van der Waals surface area (Å²) in [6.45, 7) is 6.21. The zero-order valence-corrected chi connectivity index (χ0v) is 17.3. The van der Waals surface area contributed by atoms with E-state index in [4.69, 9.17) is 15.2 Å². The molecule has 2 fully saturated rings. The minimum absolute atomic E-state index is 0. The van der Waals surface area contributed by atoms with Crippen LogP contribution in [0.5, 0.6) is 11.5 Å². The zero-order valence-electron chi connectivity index (χ0n) is 16.5. The number of nitrogens with zero attached hydrogens (tertiary/aromatic N) is 1. The Morgan fingerprint density at radius 3 is 2.54 bits per heavy atom. The van der Waals surface area contributed by atoms with Crippen LogP contribution >= 0.6 is 12.4 Å². The fourth-order valence-corrected chi connectivity index (χ4v) is 4.07. The molecule has 1 saturated heterocycles. The molecule has 1 aliphatic carbocycles. The van der Waals surface area contributed by atoms with Crippen LogP contribution in [0.1, 0.15) is 37.0 Å². The summed E-state index contributed by atoms with van der Waals surface area (Å²) in [7, 11) is 0. The van der Waals surface area contributed by atoms with Gasteiger partial charge in [-0.2, -0.15) is 0 Å². The Hall–Kier alpha value is -1.99. The Labute approximate surface area is 172 Å². The molecule has 8 heteroatoms. The van der Waals surface area contributed by atoms with E-state index in [2.05, 4.69) is 5.32 Å². The molecule has 3 N–H and O–H groups in total. The van der Waals surface area contributed by atoms with Crippen LogP contribution in [0.4, 0.5) is 0 Å². The van der Waals surface area contributed by atoms with Crippen LogP contribution < -0.4 is 20.5 Å². The molecule has 1 aliphatic heterocycles. The average molecular weight is 412 g/mol. The van der Waals surface area contributed by atoms with E-state index in [1.165, 1.54) is 0 Å². The second kappa shape index (κ2) is 9.98. The lowest BCUT2D eigenvalue weighted by Crippen LogP contribution is -2.40. The van der Waals surface area contributed by atoms with Gasteiger partial charge in [-0.15, -0.1) is 12.4 Å². The first-order valence-corrected chi connectivity index (χ1v) is 9.74. The number of rotatable bonds is 7. The first-order valence-electron chi connectivity index (χ1n) is 9.74. The third-order valence-electron chi connectivity index (χ3n) is 5.47. The summed E-state index contributed by atoms with van der Waals surface area (Å²) in [4.78, 5) is 26.7. The number of carbonyl (C=O) groups excluding carboxylic acids is 2. The van der Waals surface area contributed by atoms with E-state index in [0.717, 1.165) is 19.4 Å². The van der Waals surface area contributed by atoms with Gasteiger partial charge in [-0.3, -0.25) is 9.59 Å². The highest BCUT2D eigenvalue weighted by molar-refractivity contribution is 5.97. The van der Waals surface area contributed by atoms with Crippen molar-refractivity contribution in [3.63, 3.8) is 0 Å². The van der Waals surface area contributed by atoms with Gasteiger partial charge in [0.1, 0.15) is 0 Å². The standard InChI is InChI=1S/C20H29N3O4.ClH/c1-3-26-17-8-6-13(9-18(17)27-4-2)20(25)22-10-19(24)23-11-14-5-7-16(21)15(14)12-23;/h6,8-9,14-16H,3-5,7,10-12,21H2,1-2H3,(H,22,25);1H. The molecule has 156 valence electrons. The summed E-state index contributed by atoms with van der Waals surface area (Å²) < 4.78 is 11.1. The molecule has 3 rings (SSSR count). The molecule has 3 unspecified atom stereocenters. The molecule has 3 atom stereocenters. The third-order valence-corrected chi connectivity index (χ3v) is 5.47. The Balaban J connectivity index is 0.00000280. The molecule has 1 heterocycles. The lowest BCUT2D eigenvalue weighted by atomic mass is 9.98. The van der Waals surface area contributed by atoms with Crippen molar-refractivity contribution >= 4 is 24.2 Å². The lowest BCUT2D eigenvalue weighted by molar-refractivity contribution is -0.129. The summed E-state index contributed by atoms with van der Waals surface area (Å²) in [5.74, 6) is 1.69. The van der Waals surface area contributed by atoms with Crippen LogP contribution in [0, 0.1) is 11.8 Å². The normalized spacial score (nSPS) is 23.0. The van der Waals surface area contributed by atoms with Crippen LogP contribution in [0.25, 0.3) is 0 Å². The maximum absolute atomic E-state index is 12.5. The molecule has 1 aromatic carbocycles. The number of hydrogen-bond donors (Lipinski definition) is 2. The predicted molar refractivity (Wildman–Crippen MR) is 109 cm³/mol. The number of nitrogens with two attached hydrogens (primary N) is 1. The molecular weight excluding hydrogens is 382 g/mol. The average Bonchev–Trinajstić information content (AvgIpc) is 3.23. The van der Waals surface area contributed by atoms with Gasteiger partial charge in [0.25, 0.3) is 5.91 Å². The van der Waals surface area contributed by atoms with Crippen LogP contribution in [0.15, 0.2) is 18.2 Å². The van der Waals surface area contributed by atoms with Gasteiger partial charge in [0, 0.05) is 24.7 Å². The van der Waals surface area contributed by atoms with Crippen molar-refractivity contribution in [2.75, 3.05) is 32.8 Å². The molecule has 2 aliphatic rings. The number of fused-ring (bicyclic) bond motifs is 1. The minimum atomic E-state index is -0.302. The summed E-state index contributed by atoms with van der Waals surface area (Å²) in [5.41, 5.74) is 6.56. The number of likely N-dealkylation sites (tertiary alicyclic amines) is 1. The highest BCUT2D eigenvalue weighted by Crippen LogP contribution is 2.37. The Bertz CT molecular complexity index is 700. The van der Waals surface area contributed by atoms with Crippen molar-refractivity contribution in [3.05, 3.63) is 23.8 Å². The molecule has 0 spiro atoms. The largest absolute Gasteiger partial charge is 0.490 e. The van der Waals surface area contributed by atoms with Gasteiger partial charge in [0.15, 0.2) is 11.5 Å². The van der Waals surface area contributed by atoms with Crippen LogP contribution in [0.3, 0.4) is 0 Å². The highest BCUT2D eigenvalue weighted by atomic mass is 35.5. The Kier molecular flexibility index (Phi) is 7.95. The topological polar surface area (TPSA) is 93.9 Å². The van der Waals surface area contributed by atoms with Gasteiger partial charge in [-0.1, -0.05) is 0 Å². The Morgan fingerprint density at radius 2 is 1.86 bits per heavy atom. The number of amides is 2. The van der Waals surface area contributed by atoms with Gasteiger partial charge in [0.2, 0.25) is 5.91 Å². The third kappa shape index (κ3) is 4.89. The molecule has 7 nitrogen and oxygen atoms in total. The molecular formula is C20H30ClN3O4. The maximum Gasteiger partial charge on any atom is 0.251 e. The summed E-state index contributed by atoms with van der Waals surface area (Å²) in [5, 5.41) is 2.72. The van der Waals surface area contributed by atoms with E-state index >= 15 is 0 Å². The van der Waals surface area contributed by atoms with Crippen molar-refractivity contribution in [2.24, 2.45) is 17.6 Å². The monoisotopic (exact) mass is 411 g/mol. The number of benzene rings is 1. The number of nitrogens with one attached hydrogen (secondary N) is 1. The van der Waals surface area contributed by atoms with E-state index in [-0.39, 0.29) is 36.8 Å². The molecule has 0 radical (unpaired) electrons. The van der Waals surface area contributed by atoms with Crippen molar-refractivity contribution in [1.29, 1.82) is 0 Å². The molecule has 1 saturated carbocycles. The second-order valence-corrected chi connectivity index (χ2v) is 7.17. The fourth-order valence-electron chi connectivity index (χ4n) is 4.07. The zero-order chi connectivity index (χ0) is 19.4. The first-order chi connectivity index (χ1) is 13.0. The van der Waals surface area contributed by atoms with Gasteiger partial charge >= 0.3 is 0 Å². The van der Waals surface area contributed by atoms with E-state index in [1.807, 2.05) is 18.7 Å². The SMILES string of the molecule is CCOc1ccc(C(=O)NCC(=O)N2CC3CCC(N)C3C2)cc1OCC.Cl. The van der Waals surface area contributed by atoms with Gasteiger partial charge in [-0.05, 0) is 56.7 Å². The Morgan fingerprint density at radius 1 is 1.14 bits per heavy atom. The van der Waals surface area contributed by atoms with Crippen LogP contribution in [-0.4, -0.2) is 55.6 Å². The number of ether oxygens (including phenoxy) is 2. The summed E-state index contributed by atoms with van der Waals surface area (Å²) >= 11 is 0. The first kappa shape index (κ1) is 22.3. The van der Waals surface area contributed by atoms with Crippen molar-refractivity contribution in [2.45, 2.75) is 32.7 Å². The van der Waals surface area contributed by atoms with E-state index in [1.54, 1.807) is 18.2 Å². The second-order valence-electron chi connectivity index (χ2n) is 7.17. The lowest BCUT2D eigenvalue weighted by Gasteiger charge is -2.19. The molecule has 0 aromatic heterocycles. The van der Waals surface area contributed by atoms with Crippen molar-refractivity contribution < 1.29 is 19.1 Å². The van der Waals surface area contributed by atoms with E-state index in [0.29, 0.717) is 48.7 Å². The van der Waals surface area contributed by atoms with Crippen molar-refractivity contribution in [1.82, 2.24) is 10.2 Å². The minimum Gasteiger partial charge on any atom is -0.490 e. The molecule has 2 amide bonds. The molecule has 1 aromatic rings. The number of carbonyl (C=O) groups is 2. The van der Waals surface area contributed by atoms with Gasteiger partial charge in [0.05, 0.1) is 19.8 Å². The van der Waals surface area contributed by atoms with Gasteiger partial charge < -0.3 is 25.4 Å². The fraction of sp³-hybridized carbons (Fsp3) is 0.600. The maximum atomic E-state index is 12.5. The highest BCUT2D eigenvalue weighted by Gasteiger charge is 2.42. The smallest absolute Gasteiger partial charge is 0.251 e. The van der Waals surface area contributed by atoms with Gasteiger partial charge in [-0.25, -0.2) is 0 Å².